The predicted molar refractivity (Wildman–Crippen MR) is 129 cm³/mol. The zero-order valence-electron chi connectivity index (χ0n) is 21.8. The maximum atomic E-state index is 13.3. The van der Waals surface area contributed by atoms with E-state index in [-0.39, 0.29) is 0 Å². The number of urea groups is 2. The Hall–Kier alpha value is -2.06. The third-order valence-electron chi connectivity index (χ3n) is 9.18. The number of carbonyl (C=O) groups excluding carboxylic acids is 4. The van der Waals surface area contributed by atoms with Crippen molar-refractivity contribution < 1.29 is 77.8 Å². The molecule has 0 bridgehead atoms. The topological polar surface area (TPSA) is 313 Å². The molecule has 1 saturated carbocycles. The molecular formula is C20H30N4O16P2. The van der Waals surface area contributed by atoms with Crippen LogP contribution in [0.4, 0.5) is 9.59 Å². The lowest BCUT2D eigenvalue weighted by atomic mass is 9.42. The van der Waals surface area contributed by atoms with Crippen molar-refractivity contribution >= 4 is 39.1 Å². The first-order chi connectivity index (χ1) is 19.2. The minimum atomic E-state index is -5.19. The Labute approximate surface area is 235 Å². The third kappa shape index (κ3) is 4.21. The van der Waals surface area contributed by atoms with Gasteiger partial charge in [-0.2, -0.15) is 0 Å². The molecule has 4 heterocycles. The number of ether oxygens (including phenoxy) is 2. The number of aliphatic hydroxyl groups is 4. The minimum Gasteiger partial charge on any atom is -0.390 e. The van der Waals surface area contributed by atoms with Crippen LogP contribution in [0.25, 0.3) is 0 Å². The Morgan fingerprint density at radius 3 is 1.33 bits per heavy atom. The number of hydrogen-bond donors (Lipinski definition) is 10. The van der Waals surface area contributed by atoms with Crippen LogP contribution < -0.4 is 10.6 Å². The molecule has 0 spiro atoms. The van der Waals surface area contributed by atoms with Crippen molar-refractivity contribution in [3.63, 3.8) is 0 Å². The molecule has 0 aromatic heterocycles. The highest BCUT2D eigenvalue weighted by Gasteiger charge is 2.82. The van der Waals surface area contributed by atoms with Crippen molar-refractivity contribution in [2.24, 2.45) is 10.8 Å². The average molecular weight is 644 g/mol. The van der Waals surface area contributed by atoms with Crippen LogP contribution >= 0.6 is 15.2 Å². The maximum absolute atomic E-state index is 13.3. The third-order valence-corrected chi connectivity index (χ3v) is 11.2. The summed E-state index contributed by atoms with van der Waals surface area (Å²) in [6.45, 7) is 2.63. The fourth-order valence-electron chi connectivity index (χ4n) is 6.82. The van der Waals surface area contributed by atoms with Crippen molar-refractivity contribution in [3.8, 4) is 0 Å². The number of nitrogens with one attached hydrogen (secondary N) is 2. The van der Waals surface area contributed by atoms with Crippen LogP contribution in [0.1, 0.15) is 26.7 Å². The predicted octanol–water partition coefficient (Wildman–Crippen LogP) is -4.20. The van der Waals surface area contributed by atoms with Crippen molar-refractivity contribution in [2.45, 2.75) is 87.3 Å². The molecule has 4 aliphatic heterocycles. The molecule has 4 saturated heterocycles. The summed E-state index contributed by atoms with van der Waals surface area (Å²) < 4.78 is 34.2. The summed E-state index contributed by atoms with van der Waals surface area (Å²) in [5.41, 5.74) is -3.60. The van der Waals surface area contributed by atoms with Crippen molar-refractivity contribution in [1.29, 1.82) is 0 Å². The van der Waals surface area contributed by atoms with E-state index in [0.29, 0.717) is 0 Å². The number of hydrogen-bond acceptors (Lipinski definition) is 12. The van der Waals surface area contributed by atoms with Crippen molar-refractivity contribution in [1.82, 2.24) is 20.4 Å². The quantitative estimate of drug-likeness (QED) is 0.123. The van der Waals surface area contributed by atoms with E-state index < -0.39 is 123 Å². The maximum Gasteiger partial charge on any atom is 0.356 e. The smallest absolute Gasteiger partial charge is 0.356 e. The van der Waals surface area contributed by atoms with Crippen molar-refractivity contribution in [2.75, 3.05) is 0 Å². The van der Waals surface area contributed by atoms with Gasteiger partial charge in [-0.15, -0.1) is 0 Å². The molecule has 236 valence electrons. The molecule has 6 unspecified atom stereocenters. The molecule has 0 aromatic rings. The number of carbonyl (C=O) groups is 4. The second-order valence-electron chi connectivity index (χ2n) is 11.3. The molecule has 22 heteroatoms. The van der Waals surface area contributed by atoms with Crippen LogP contribution in [0.2, 0.25) is 0 Å². The van der Waals surface area contributed by atoms with Gasteiger partial charge in [0.2, 0.25) is 11.8 Å². The van der Waals surface area contributed by atoms with Crippen LogP contribution in [0.15, 0.2) is 0 Å². The summed E-state index contributed by atoms with van der Waals surface area (Å²) in [4.78, 5) is 92.2. The highest BCUT2D eigenvalue weighted by atomic mass is 31.2. The average Bonchev–Trinajstić information content (AvgIpc) is 3.43. The molecule has 1 aliphatic carbocycles. The van der Waals surface area contributed by atoms with Gasteiger partial charge in [0.15, 0.2) is 11.7 Å². The van der Waals surface area contributed by atoms with Gasteiger partial charge in [-0.05, 0) is 13.8 Å². The summed E-state index contributed by atoms with van der Waals surface area (Å²) in [5, 5.41) is 45.2. The molecule has 42 heavy (non-hydrogen) atoms. The first-order valence-corrected chi connectivity index (χ1v) is 15.9. The van der Waals surface area contributed by atoms with Crippen LogP contribution in [-0.4, -0.2) is 134 Å². The number of amides is 6. The SMILES string of the molecule is CC12C(=O)NC(=O)N([C@H]3C[C@H](O)[C@@H](C(O)P(=O)(O)O)O3)C1C1N([C@H]3C[C@H](O)[C@@H](C(O)P(=O)(O)O)O3)C(=O)NC(=O)C12C. The van der Waals surface area contributed by atoms with Crippen LogP contribution in [0, 0.1) is 10.8 Å². The minimum absolute atomic E-state index is 0.505. The summed E-state index contributed by atoms with van der Waals surface area (Å²) >= 11 is 0. The fraction of sp³-hybridized carbons (Fsp3) is 0.800. The number of imide groups is 2. The van der Waals surface area contributed by atoms with E-state index in [1.54, 1.807) is 0 Å². The number of nitrogens with zero attached hydrogens (tertiary/aromatic N) is 2. The highest BCUT2D eigenvalue weighted by molar-refractivity contribution is 7.52. The zero-order chi connectivity index (χ0) is 31.5. The van der Waals surface area contributed by atoms with Gasteiger partial charge in [0.1, 0.15) is 24.7 Å². The molecule has 10 N–H and O–H groups in total. The molecular weight excluding hydrogens is 614 g/mol. The van der Waals surface area contributed by atoms with Gasteiger partial charge in [-0.1, -0.05) is 0 Å². The highest BCUT2D eigenvalue weighted by Crippen LogP contribution is 2.64. The Morgan fingerprint density at radius 2 is 1.05 bits per heavy atom. The number of fused-ring (bicyclic) bond motifs is 4. The largest absolute Gasteiger partial charge is 0.390 e. The van der Waals surface area contributed by atoms with Crippen LogP contribution in [-0.2, 0) is 28.2 Å². The summed E-state index contributed by atoms with van der Waals surface area (Å²) in [5.74, 6) is -6.81. The van der Waals surface area contributed by atoms with E-state index in [0.717, 1.165) is 9.80 Å². The van der Waals surface area contributed by atoms with E-state index in [4.69, 9.17) is 9.47 Å². The number of aliphatic hydroxyl groups excluding tert-OH is 4. The van der Waals surface area contributed by atoms with E-state index in [1.807, 2.05) is 0 Å². The van der Waals surface area contributed by atoms with Crippen molar-refractivity contribution in [3.05, 3.63) is 0 Å². The Morgan fingerprint density at radius 1 is 0.738 bits per heavy atom. The molecule has 6 amide bonds. The molecule has 20 nitrogen and oxygen atoms in total. The van der Waals surface area contributed by atoms with E-state index in [9.17, 15) is 68.3 Å². The first kappa shape index (κ1) is 31.4. The monoisotopic (exact) mass is 644 g/mol. The first-order valence-electron chi connectivity index (χ1n) is 12.6. The molecule has 0 radical (unpaired) electrons. The fourth-order valence-corrected chi connectivity index (χ4v) is 8.13. The summed E-state index contributed by atoms with van der Waals surface area (Å²) in [6.07, 6.45) is -11.2. The van der Waals surface area contributed by atoms with Gasteiger partial charge in [0.25, 0.3) is 0 Å². The van der Waals surface area contributed by atoms with Crippen LogP contribution in [0.5, 0.6) is 0 Å². The normalized spacial score (nSPS) is 43.8. The van der Waals surface area contributed by atoms with Gasteiger partial charge in [-0.25, -0.2) is 9.59 Å². The lowest BCUT2D eigenvalue weighted by Crippen LogP contribution is -2.92. The molecule has 5 fully saturated rings. The number of rotatable bonds is 6. The Kier molecular flexibility index (Phi) is 7.26. The molecule has 12 atom stereocenters. The molecule has 5 rings (SSSR count). The van der Waals surface area contributed by atoms with Gasteiger partial charge in [0.05, 0.1) is 35.1 Å². The van der Waals surface area contributed by atoms with Gasteiger partial charge in [0, 0.05) is 12.8 Å². The molecule has 0 aromatic carbocycles. The lowest BCUT2D eigenvalue weighted by Gasteiger charge is -2.72. The summed E-state index contributed by atoms with van der Waals surface area (Å²) in [7, 11) is -10.4. The van der Waals surface area contributed by atoms with E-state index in [2.05, 4.69) is 10.6 Å². The molecule has 5 aliphatic rings. The summed E-state index contributed by atoms with van der Waals surface area (Å²) in [6, 6.07) is -5.08. The zero-order valence-corrected chi connectivity index (χ0v) is 23.6. The second kappa shape index (κ2) is 9.72. The van der Waals surface area contributed by atoms with E-state index >= 15 is 0 Å². The van der Waals surface area contributed by atoms with Crippen LogP contribution in [0.3, 0.4) is 0 Å². The van der Waals surface area contributed by atoms with Gasteiger partial charge >= 0.3 is 27.3 Å². The van der Waals surface area contributed by atoms with E-state index in [1.165, 1.54) is 13.8 Å². The second-order valence-corrected chi connectivity index (χ2v) is 14.8. The Balaban J connectivity index is 1.53. The Bertz CT molecular complexity index is 1220. The van der Waals surface area contributed by atoms with Gasteiger partial charge in [-0.3, -0.25) is 39.2 Å². The standard InChI is InChI=1S/C20H30N4O16P2/c1-19-11(23(17(31)21-15(19)29)7-3-5(25)9(39-7)13(27)41(33,34)35)12-20(19,2)16(30)22-18(32)24(12)8-4-6(26)10(40-8)14(28)42(36,37)38/h5-14,25-28H,3-4H2,1-2H3,(H,21,29,31)(H,22,30,32)(H2,33,34,35)(H2,36,37,38)/t5-,6-,7+,8+,9-,10-,11?,12?,13?,14?,19?,20?/m0/s1. The lowest BCUT2D eigenvalue weighted by molar-refractivity contribution is -0.243. The van der Waals surface area contributed by atoms with Gasteiger partial charge < -0.3 is 49.5 Å².